The summed E-state index contributed by atoms with van der Waals surface area (Å²) in [7, 11) is 0. The minimum absolute atomic E-state index is 0.0845. The number of nitrogens with zero attached hydrogens (tertiary/aromatic N) is 1. The lowest BCUT2D eigenvalue weighted by atomic mass is 10.1. The first-order valence-electron chi connectivity index (χ1n) is 9.04. The molecule has 4 N–H and O–H groups in total. The van der Waals surface area contributed by atoms with Crippen molar-refractivity contribution in [1.29, 1.82) is 0 Å². The molecule has 2 aromatic rings. The van der Waals surface area contributed by atoms with Crippen LogP contribution in [0.15, 0.2) is 42.5 Å². The van der Waals surface area contributed by atoms with Crippen molar-refractivity contribution in [3.63, 3.8) is 0 Å². The monoisotopic (exact) mass is 435 g/mol. The molecule has 0 aliphatic carbocycles. The third-order valence-corrected chi connectivity index (χ3v) is 4.80. The highest BCUT2D eigenvalue weighted by atomic mass is 35.5. The first-order chi connectivity index (χ1) is 14.2. The molecule has 0 aromatic heterocycles. The summed E-state index contributed by atoms with van der Waals surface area (Å²) in [5.74, 6) is -4.21. The zero-order chi connectivity index (χ0) is 21.9. The minimum atomic E-state index is -2.31. The zero-order valence-corrected chi connectivity index (χ0v) is 16.5. The number of carbonyl (C=O) groups is 3. The van der Waals surface area contributed by atoms with Gasteiger partial charge in [0.25, 0.3) is 11.7 Å². The second-order valence-corrected chi connectivity index (χ2v) is 7.18. The highest BCUT2D eigenvalue weighted by Gasteiger charge is 2.49. The number of nitrogens with one attached hydrogen (secondary N) is 1. The fraction of sp³-hybridized carbons (Fsp3) is 0.250. The minimum Gasteiger partial charge on any atom is -0.407 e. The van der Waals surface area contributed by atoms with Crippen LogP contribution in [-0.2, 0) is 16.0 Å². The third kappa shape index (κ3) is 4.87. The topological polar surface area (TPSA) is 122 Å². The molecule has 1 atom stereocenters. The Morgan fingerprint density at radius 1 is 1.27 bits per heavy atom. The smallest absolute Gasteiger partial charge is 0.407 e. The number of amides is 3. The summed E-state index contributed by atoms with van der Waals surface area (Å²) in [4.78, 5) is 37.0. The summed E-state index contributed by atoms with van der Waals surface area (Å²) in [5.41, 5.74) is 6.45. The van der Waals surface area contributed by atoms with Gasteiger partial charge in [0.15, 0.2) is 0 Å². The average molecular weight is 436 g/mol. The highest BCUT2D eigenvalue weighted by molar-refractivity contribution is 6.30. The summed E-state index contributed by atoms with van der Waals surface area (Å²) in [6.45, 7) is 0.196. The van der Waals surface area contributed by atoms with Crippen LogP contribution >= 0.6 is 11.6 Å². The van der Waals surface area contributed by atoms with Crippen molar-refractivity contribution in [2.45, 2.75) is 18.6 Å². The number of carbonyl (C=O) groups excluding carboxylic acids is 3. The number of ether oxygens (including phenoxy) is 1. The van der Waals surface area contributed by atoms with Crippen molar-refractivity contribution < 1.29 is 28.6 Å². The van der Waals surface area contributed by atoms with Gasteiger partial charge in [-0.25, -0.2) is 9.18 Å². The van der Waals surface area contributed by atoms with E-state index in [0.717, 1.165) is 0 Å². The summed E-state index contributed by atoms with van der Waals surface area (Å²) in [6, 6.07) is 9.94. The van der Waals surface area contributed by atoms with Crippen LogP contribution in [0.5, 0.6) is 0 Å². The molecule has 30 heavy (non-hydrogen) atoms. The molecule has 1 heterocycles. The van der Waals surface area contributed by atoms with Gasteiger partial charge < -0.3 is 25.8 Å². The molecule has 1 fully saturated rings. The van der Waals surface area contributed by atoms with Gasteiger partial charge in [-0.3, -0.25) is 9.59 Å². The van der Waals surface area contributed by atoms with Gasteiger partial charge in [-0.1, -0.05) is 11.6 Å². The second-order valence-electron chi connectivity index (χ2n) is 6.75. The number of primary amides is 1. The number of rotatable bonds is 6. The van der Waals surface area contributed by atoms with Crippen LogP contribution < -0.4 is 16.0 Å². The molecule has 8 nitrogen and oxygen atoms in total. The van der Waals surface area contributed by atoms with E-state index >= 15 is 0 Å². The molecule has 0 radical (unpaired) electrons. The Bertz CT molecular complexity index is 965. The van der Waals surface area contributed by atoms with Crippen molar-refractivity contribution >= 4 is 35.2 Å². The maximum atomic E-state index is 13.3. The highest BCUT2D eigenvalue weighted by Crippen LogP contribution is 2.29. The number of nitrogens with two attached hydrogens (primary N) is 1. The zero-order valence-electron chi connectivity index (χ0n) is 15.7. The number of anilines is 1. The molecule has 0 unspecified atom stereocenters. The average Bonchev–Trinajstić information content (AvgIpc) is 2.95. The van der Waals surface area contributed by atoms with Crippen LogP contribution in [-0.4, -0.2) is 41.9 Å². The molecular weight excluding hydrogens is 417 g/mol. The fourth-order valence-electron chi connectivity index (χ4n) is 3.08. The van der Waals surface area contributed by atoms with E-state index in [0.29, 0.717) is 11.3 Å². The summed E-state index contributed by atoms with van der Waals surface area (Å²) >= 11 is 5.78. The Labute approximate surface area is 176 Å². The van der Waals surface area contributed by atoms with E-state index in [1.54, 1.807) is 6.07 Å². The Morgan fingerprint density at radius 3 is 2.60 bits per heavy atom. The lowest BCUT2D eigenvalue weighted by Gasteiger charge is -2.22. The van der Waals surface area contributed by atoms with Crippen molar-refractivity contribution in [2.75, 3.05) is 18.0 Å². The molecule has 158 valence electrons. The molecule has 3 rings (SSSR count). The van der Waals surface area contributed by atoms with E-state index in [1.807, 2.05) is 0 Å². The van der Waals surface area contributed by atoms with Crippen LogP contribution in [0.1, 0.15) is 22.3 Å². The van der Waals surface area contributed by atoms with Crippen molar-refractivity contribution in [3.8, 4) is 0 Å². The predicted octanol–water partition coefficient (Wildman–Crippen LogP) is 1.97. The van der Waals surface area contributed by atoms with Crippen molar-refractivity contribution in [2.24, 2.45) is 5.73 Å². The van der Waals surface area contributed by atoms with Gasteiger partial charge in [0.2, 0.25) is 5.91 Å². The van der Waals surface area contributed by atoms with E-state index in [1.165, 1.54) is 41.3 Å². The van der Waals surface area contributed by atoms with Gasteiger partial charge >= 0.3 is 6.09 Å². The quantitative estimate of drug-likeness (QED) is 0.599. The first kappa shape index (κ1) is 21.5. The summed E-state index contributed by atoms with van der Waals surface area (Å²) in [6.07, 6.45) is -0.840. The summed E-state index contributed by atoms with van der Waals surface area (Å²) in [5, 5.41) is 13.1. The van der Waals surface area contributed by atoms with Crippen LogP contribution in [0, 0.1) is 5.82 Å². The number of aliphatic hydroxyl groups is 1. The molecule has 1 aliphatic rings. The normalized spacial score (nSPS) is 18.4. The maximum absolute atomic E-state index is 13.3. The predicted molar refractivity (Wildman–Crippen MR) is 106 cm³/mol. The van der Waals surface area contributed by atoms with Gasteiger partial charge in [-0.05, 0) is 54.4 Å². The van der Waals surface area contributed by atoms with Gasteiger partial charge in [-0.2, -0.15) is 0 Å². The van der Waals surface area contributed by atoms with E-state index in [2.05, 4.69) is 5.32 Å². The van der Waals surface area contributed by atoms with E-state index in [-0.39, 0.29) is 36.5 Å². The van der Waals surface area contributed by atoms with E-state index in [9.17, 15) is 23.9 Å². The van der Waals surface area contributed by atoms with E-state index < -0.39 is 29.5 Å². The second kappa shape index (κ2) is 8.68. The van der Waals surface area contributed by atoms with Crippen LogP contribution in [0.2, 0.25) is 5.02 Å². The number of hydrogen-bond acceptors (Lipinski definition) is 5. The molecule has 0 spiro atoms. The number of hydrogen-bond donors (Lipinski definition) is 3. The number of halogens is 2. The summed E-state index contributed by atoms with van der Waals surface area (Å²) < 4.78 is 18.3. The van der Waals surface area contributed by atoms with Crippen molar-refractivity contribution in [3.05, 3.63) is 64.4 Å². The molecule has 0 bridgehead atoms. The van der Waals surface area contributed by atoms with Gasteiger partial charge in [0, 0.05) is 35.8 Å². The lowest BCUT2D eigenvalue weighted by molar-refractivity contribution is -0.175. The fourth-order valence-corrected chi connectivity index (χ4v) is 3.33. The van der Waals surface area contributed by atoms with Crippen LogP contribution in [0.3, 0.4) is 0 Å². The largest absolute Gasteiger partial charge is 0.410 e. The molecular formula is C20H19ClFN3O5. The Morgan fingerprint density at radius 2 is 1.97 bits per heavy atom. The molecule has 2 aromatic carbocycles. The third-order valence-electron chi connectivity index (χ3n) is 4.58. The van der Waals surface area contributed by atoms with E-state index in [4.69, 9.17) is 22.1 Å². The molecule has 3 amide bonds. The Balaban J connectivity index is 1.56. The molecule has 10 heteroatoms. The van der Waals surface area contributed by atoms with Gasteiger partial charge in [0.1, 0.15) is 5.82 Å². The molecule has 0 saturated carbocycles. The number of benzene rings is 2. The standard InChI is InChI=1S/C20H19ClFN3O5/c21-14-9-12(10-15(22)11-14)5-7-24-19(28)30-20(29)6-8-25(18(20)27)16-3-1-13(2-4-16)17(23)26/h1-4,9-11,29H,5-8H2,(H2,23,26)(H,24,28)/t20-/m0/s1. The first-order valence-corrected chi connectivity index (χ1v) is 9.42. The van der Waals surface area contributed by atoms with Crippen molar-refractivity contribution in [1.82, 2.24) is 5.32 Å². The molecule has 1 saturated heterocycles. The van der Waals surface area contributed by atoms with Crippen LogP contribution in [0.25, 0.3) is 0 Å². The Kier molecular flexibility index (Phi) is 6.23. The maximum Gasteiger partial charge on any atom is 0.410 e. The Hall–Kier alpha value is -3.17. The number of alkyl carbamates (subject to hydrolysis) is 1. The molecule has 1 aliphatic heterocycles. The van der Waals surface area contributed by atoms with Crippen LogP contribution in [0.4, 0.5) is 14.9 Å². The SMILES string of the molecule is NC(=O)c1ccc(N2CC[C@](O)(OC(=O)NCCc3cc(F)cc(Cl)c3)C2=O)cc1. The van der Waals surface area contributed by atoms with Gasteiger partial charge in [-0.15, -0.1) is 0 Å². The van der Waals surface area contributed by atoms with Gasteiger partial charge in [0.05, 0.1) is 0 Å². The lowest BCUT2D eigenvalue weighted by Crippen LogP contribution is -2.46.